The van der Waals surface area contributed by atoms with Crippen LogP contribution in [-0.4, -0.2) is 30.1 Å². The van der Waals surface area contributed by atoms with Crippen molar-refractivity contribution in [3.05, 3.63) is 56.9 Å². The second kappa shape index (κ2) is 9.84. The van der Waals surface area contributed by atoms with Crippen LogP contribution >= 0.6 is 34.8 Å². The summed E-state index contributed by atoms with van der Waals surface area (Å²) in [5.74, 6) is -1.35. The maximum Gasteiger partial charge on any atom is 0.270 e. The van der Waals surface area contributed by atoms with Gasteiger partial charge in [-0.05, 0) is 77.6 Å². The number of hydrogen-bond donors (Lipinski definition) is 1. The third-order valence-corrected chi connectivity index (χ3v) is 5.20. The van der Waals surface area contributed by atoms with Gasteiger partial charge in [-0.1, -0.05) is 12.1 Å². The molecule has 1 saturated heterocycles. The summed E-state index contributed by atoms with van der Waals surface area (Å²) in [6.45, 7) is 1.97. The van der Waals surface area contributed by atoms with E-state index in [1.54, 1.807) is 25.1 Å². The zero-order chi connectivity index (χ0) is 22.5. The van der Waals surface area contributed by atoms with Crippen molar-refractivity contribution < 1.29 is 23.5 Å². The molecular formula is C21H15FIN3O4S. The zero-order valence-corrected chi connectivity index (χ0v) is 19.1. The fourth-order valence-corrected chi connectivity index (χ4v) is 3.91. The SMILES string of the molecule is CCOc1cc(/C=C2\C(=O)NC(=S)N(c3ccccc3F)C2=O)cc(I)c1OCC#N. The quantitative estimate of drug-likeness (QED) is 0.256. The first-order valence-electron chi connectivity index (χ1n) is 8.99. The number of nitriles is 1. The van der Waals surface area contributed by atoms with Gasteiger partial charge in [-0.2, -0.15) is 5.26 Å². The molecule has 0 spiro atoms. The van der Waals surface area contributed by atoms with E-state index in [-0.39, 0.29) is 23.0 Å². The number of rotatable bonds is 6. The van der Waals surface area contributed by atoms with Gasteiger partial charge in [0.15, 0.2) is 23.2 Å². The van der Waals surface area contributed by atoms with Crippen LogP contribution in [0.5, 0.6) is 11.5 Å². The van der Waals surface area contributed by atoms with Crippen molar-refractivity contribution in [3.8, 4) is 17.6 Å². The molecule has 0 unspecified atom stereocenters. The molecule has 0 aliphatic carbocycles. The summed E-state index contributed by atoms with van der Waals surface area (Å²) < 4.78 is 25.9. The van der Waals surface area contributed by atoms with Gasteiger partial charge in [-0.25, -0.2) is 9.29 Å². The van der Waals surface area contributed by atoms with Crippen LogP contribution in [0.3, 0.4) is 0 Å². The number of anilines is 1. The molecule has 0 saturated carbocycles. The lowest BCUT2D eigenvalue weighted by Gasteiger charge is -2.29. The molecule has 31 heavy (non-hydrogen) atoms. The number of nitrogens with one attached hydrogen (secondary N) is 1. The number of carbonyl (C=O) groups excluding carboxylic acids is 2. The Morgan fingerprint density at radius 3 is 2.71 bits per heavy atom. The number of hydrogen-bond acceptors (Lipinski definition) is 6. The van der Waals surface area contributed by atoms with Gasteiger partial charge in [-0.3, -0.25) is 14.9 Å². The minimum absolute atomic E-state index is 0.0618. The van der Waals surface area contributed by atoms with Crippen LogP contribution in [0.2, 0.25) is 0 Å². The largest absolute Gasteiger partial charge is 0.490 e. The van der Waals surface area contributed by atoms with Crippen molar-refractivity contribution >= 4 is 63.5 Å². The summed E-state index contributed by atoms with van der Waals surface area (Å²) in [6, 6.07) is 10.8. The maximum atomic E-state index is 14.3. The number of thiocarbonyl (C=S) groups is 1. The summed E-state index contributed by atoms with van der Waals surface area (Å²) in [6.07, 6.45) is 1.37. The van der Waals surface area contributed by atoms with E-state index in [2.05, 4.69) is 5.32 Å². The van der Waals surface area contributed by atoms with Crippen LogP contribution < -0.4 is 19.7 Å². The molecule has 0 atom stereocenters. The fourth-order valence-electron chi connectivity index (χ4n) is 2.85. The van der Waals surface area contributed by atoms with E-state index in [9.17, 15) is 14.0 Å². The zero-order valence-electron chi connectivity index (χ0n) is 16.1. The summed E-state index contributed by atoms with van der Waals surface area (Å²) in [7, 11) is 0. The Hall–Kier alpha value is -3.04. The first-order chi connectivity index (χ1) is 14.9. The van der Waals surface area contributed by atoms with Gasteiger partial charge >= 0.3 is 0 Å². The lowest BCUT2D eigenvalue weighted by molar-refractivity contribution is -0.122. The summed E-state index contributed by atoms with van der Waals surface area (Å²) in [5.41, 5.74) is 0.200. The third kappa shape index (κ3) is 4.83. The fraction of sp³-hybridized carbons (Fsp3) is 0.143. The van der Waals surface area contributed by atoms with Gasteiger partial charge in [0, 0.05) is 0 Å². The second-order valence-corrected chi connectivity index (χ2v) is 7.67. The van der Waals surface area contributed by atoms with Gasteiger partial charge in [0.1, 0.15) is 17.5 Å². The molecule has 2 aromatic carbocycles. The van der Waals surface area contributed by atoms with Gasteiger partial charge in [0.25, 0.3) is 11.8 Å². The highest BCUT2D eigenvalue weighted by Gasteiger charge is 2.35. The van der Waals surface area contributed by atoms with Crippen molar-refractivity contribution in [2.45, 2.75) is 6.92 Å². The van der Waals surface area contributed by atoms with Gasteiger partial charge in [0.2, 0.25) is 0 Å². The molecular weight excluding hydrogens is 536 g/mol. The minimum atomic E-state index is -0.753. The monoisotopic (exact) mass is 551 g/mol. The van der Waals surface area contributed by atoms with E-state index >= 15 is 0 Å². The molecule has 0 aromatic heterocycles. The van der Waals surface area contributed by atoms with Crippen molar-refractivity contribution in [1.82, 2.24) is 5.32 Å². The number of benzene rings is 2. The maximum absolute atomic E-state index is 14.3. The molecule has 158 valence electrons. The number of amides is 2. The van der Waals surface area contributed by atoms with Gasteiger partial charge in [0.05, 0.1) is 15.9 Å². The van der Waals surface area contributed by atoms with E-state index < -0.39 is 17.6 Å². The highest BCUT2D eigenvalue weighted by Crippen LogP contribution is 2.35. The highest BCUT2D eigenvalue weighted by atomic mass is 127. The number of ether oxygens (including phenoxy) is 2. The molecule has 3 rings (SSSR count). The predicted molar refractivity (Wildman–Crippen MR) is 124 cm³/mol. The Kier molecular flexibility index (Phi) is 7.19. The Morgan fingerprint density at radius 1 is 1.29 bits per heavy atom. The van der Waals surface area contributed by atoms with Crippen molar-refractivity contribution in [1.29, 1.82) is 5.26 Å². The molecule has 1 N–H and O–H groups in total. The van der Waals surface area contributed by atoms with Crippen molar-refractivity contribution in [2.75, 3.05) is 18.1 Å². The number of para-hydroxylation sites is 1. The van der Waals surface area contributed by atoms with Crippen LogP contribution in [0.1, 0.15) is 12.5 Å². The lowest BCUT2D eigenvalue weighted by atomic mass is 10.1. The van der Waals surface area contributed by atoms with E-state index in [0.29, 0.717) is 27.2 Å². The molecule has 1 heterocycles. The molecule has 10 heteroatoms. The van der Waals surface area contributed by atoms with Crippen LogP contribution in [0.25, 0.3) is 6.08 Å². The summed E-state index contributed by atoms with van der Waals surface area (Å²) >= 11 is 7.10. The Bertz CT molecular complexity index is 1150. The first-order valence-corrected chi connectivity index (χ1v) is 10.5. The van der Waals surface area contributed by atoms with Crippen LogP contribution in [0, 0.1) is 20.7 Å². The molecule has 2 aromatic rings. The van der Waals surface area contributed by atoms with E-state index in [1.807, 2.05) is 28.7 Å². The third-order valence-electron chi connectivity index (χ3n) is 4.12. The summed E-state index contributed by atoms with van der Waals surface area (Å²) in [4.78, 5) is 26.5. The normalized spacial score (nSPS) is 15.0. The van der Waals surface area contributed by atoms with E-state index in [4.69, 9.17) is 27.0 Å². The van der Waals surface area contributed by atoms with Crippen LogP contribution in [0.4, 0.5) is 10.1 Å². The van der Waals surface area contributed by atoms with E-state index in [1.165, 1.54) is 24.3 Å². The Labute approximate surface area is 196 Å². The average Bonchev–Trinajstić information content (AvgIpc) is 2.72. The van der Waals surface area contributed by atoms with Crippen molar-refractivity contribution in [3.63, 3.8) is 0 Å². The molecule has 0 radical (unpaired) electrons. The molecule has 1 aliphatic rings. The topological polar surface area (TPSA) is 91.7 Å². The van der Waals surface area contributed by atoms with Gasteiger partial charge in [-0.15, -0.1) is 0 Å². The molecule has 1 fully saturated rings. The Morgan fingerprint density at radius 2 is 2.03 bits per heavy atom. The number of nitrogens with zero attached hydrogens (tertiary/aromatic N) is 2. The molecule has 2 amide bonds. The van der Waals surface area contributed by atoms with Crippen molar-refractivity contribution in [2.24, 2.45) is 0 Å². The predicted octanol–water partition coefficient (Wildman–Crippen LogP) is 3.56. The van der Waals surface area contributed by atoms with E-state index in [0.717, 1.165) is 4.90 Å². The standard InChI is InChI=1S/C21H15FIN3O4S/c1-2-29-17-11-12(10-15(23)18(17)30-8-7-24)9-13-19(27)25-21(31)26(20(13)28)16-6-4-3-5-14(16)22/h3-6,9-11H,2,8H2,1H3,(H,25,27,31)/b13-9+. The van der Waals surface area contributed by atoms with Gasteiger partial charge < -0.3 is 9.47 Å². The van der Waals surface area contributed by atoms with Crippen LogP contribution in [-0.2, 0) is 9.59 Å². The number of carbonyl (C=O) groups is 2. The highest BCUT2D eigenvalue weighted by molar-refractivity contribution is 14.1. The smallest absolute Gasteiger partial charge is 0.270 e. The molecule has 1 aliphatic heterocycles. The molecule has 0 bridgehead atoms. The second-order valence-electron chi connectivity index (χ2n) is 6.12. The molecule has 7 nitrogen and oxygen atoms in total. The van der Waals surface area contributed by atoms with Crippen LogP contribution in [0.15, 0.2) is 42.0 Å². The lowest BCUT2D eigenvalue weighted by Crippen LogP contribution is -2.54. The average molecular weight is 551 g/mol. The number of halogens is 2. The first kappa shape index (κ1) is 22.6. The summed E-state index contributed by atoms with van der Waals surface area (Å²) in [5, 5.41) is 11.0. The minimum Gasteiger partial charge on any atom is -0.490 e. The Balaban J connectivity index is 2.04.